The standard InChI is InChI=1S/C40H53F2N4O7P/c1-3-4-5-6-7-8-9-10-11-12-13-14-15-16-17-18-19-20-24-27-36(47)43-29-30-44-54(50,53-34-25-22-21-23-26-34)51-32-35-37(48)40(41,42)38(52-35)46-31-28-33(2)45-39(46)49/h4-5,7-8,10-11,13-14,16-17,19-23,25-26,28,31,35,37-38,48H,3,6,9,12,15,18,24,27,29-30,32H2,1-2H3,(H,43,47)(H,44,50)/b5-4-,8-7-,11-10-,14-13-,17-16-,20-19-/t35-,37-,38-,54?/m1/s1. The van der Waals surface area contributed by atoms with Gasteiger partial charge in [-0.25, -0.2) is 14.4 Å². The molecule has 1 aromatic heterocycles. The van der Waals surface area contributed by atoms with Gasteiger partial charge in [-0.15, -0.1) is 0 Å². The van der Waals surface area contributed by atoms with Gasteiger partial charge in [-0.1, -0.05) is 98.0 Å². The van der Waals surface area contributed by atoms with Crippen LogP contribution in [0.1, 0.15) is 70.2 Å². The second-order valence-corrected chi connectivity index (χ2v) is 14.1. The molecule has 1 aliphatic rings. The van der Waals surface area contributed by atoms with Crippen molar-refractivity contribution < 1.29 is 37.0 Å². The molecule has 11 nitrogen and oxygen atoms in total. The average Bonchev–Trinajstić information content (AvgIpc) is 3.37. The summed E-state index contributed by atoms with van der Waals surface area (Å²) in [6.45, 7) is 2.91. The number of nitrogens with zero attached hydrogens (tertiary/aromatic N) is 2. The average molecular weight is 771 g/mol. The zero-order valence-electron chi connectivity index (χ0n) is 31.0. The Bertz CT molecular complexity index is 1710. The number of amides is 1. The van der Waals surface area contributed by atoms with Crippen LogP contribution < -0.4 is 20.6 Å². The van der Waals surface area contributed by atoms with Crippen molar-refractivity contribution in [1.82, 2.24) is 20.0 Å². The van der Waals surface area contributed by atoms with Crippen LogP contribution in [0.2, 0.25) is 0 Å². The Morgan fingerprint density at radius 3 is 2.07 bits per heavy atom. The van der Waals surface area contributed by atoms with E-state index in [0.29, 0.717) is 16.7 Å². The summed E-state index contributed by atoms with van der Waals surface area (Å²) in [5, 5.41) is 15.7. The van der Waals surface area contributed by atoms with E-state index in [1.165, 1.54) is 25.1 Å². The summed E-state index contributed by atoms with van der Waals surface area (Å²) >= 11 is 0. The molecule has 2 aromatic rings. The van der Waals surface area contributed by atoms with Crippen LogP contribution in [0.3, 0.4) is 0 Å². The number of halogens is 2. The number of nitrogens with one attached hydrogen (secondary N) is 2. The summed E-state index contributed by atoms with van der Waals surface area (Å²) in [4.78, 5) is 28.2. The summed E-state index contributed by atoms with van der Waals surface area (Å²) in [6, 6.07) is 9.40. The van der Waals surface area contributed by atoms with Crippen LogP contribution in [-0.2, 0) is 18.6 Å². The Morgan fingerprint density at radius 2 is 1.50 bits per heavy atom. The molecule has 0 spiro atoms. The van der Waals surface area contributed by atoms with Crippen molar-refractivity contribution in [2.24, 2.45) is 0 Å². The maximum absolute atomic E-state index is 15.0. The van der Waals surface area contributed by atoms with Gasteiger partial charge in [0.25, 0.3) is 0 Å². The summed E-state index contributed by atoms with van der Waals surface area (Å²) in [5.74, 6) is -3.93. The van der Waals surface area contributed by atoms with E-state index in [4.69, 9.17) is 13.8 Å². The van der Waals surface area contributed by atoms with Gasteiger partial charge in [-0.3, -0.25) is 13.9 Å². The van der Waals surface area contributed by atoms with Crippen molar-refractivity contribution >= 4 is 13.7 Å². The first-order valence-electron chi connectivity index (χ1n) is 18.2. The minimum Gasteiger partial charge on any atom is -0.413 e. The smallest absolute Gasteiger partial charge is 0.413 e. The minimum absolute atomic E-state index is 0.0486. The van der Waals surface area contributed by atoms with Gasteiger partial charge < -0.3 is 19.7 Å². The molecule has 1 saturated heterocycles. The fourth-order valence-corrected chi connectivity index (χ4v) is 6.35. The SMILES string of the molecule is CC/C=C\C/C=C\C/C=C\C/C=C\C/C=C\C/C=C\CCC(=O)NCCNP(=O)(OC[C@H]1O[C@@H](n2ccc(C)nc2=O)C(F)(F)[C@@H]1O)Oc1ccccc1. The Morgan fingerprint density at radius 1 is 0.926 bits per heavy atom. The molecule has 1 aromatic carbocycles. The largest absolute Gasteiger partial charge is 0.458 e. The highest BCUT2D eigenvalue weighted by molar-refractivity contribution is 7.52. The second kappa shape index (κ2) is 24.2. The van der Waals surface area contributed by atoms with E-state index in [-0.39, 0.29) is 31.2 Å². The molecule has 54 heavy (non-hydrogen) atoms. The van der Waals surface area contributed by atoms with Gasteiger partial charge in [-0.05, 0) is 70.1 Å². The van der Waals surface area contributed by atoms with Gasteiger partial charge >= 0.3 is 19.4 Å². The zero-order chi connectivity index (χ0) is 39.1. The van der Waals surface area contributed by atoms with Crippen molar-refractivity contribution in [3.63, 3.8) is 0 Å². The molecule has 4 atom stereocenters. The molecule has 0 radical (unpaired) electrons. The maximum atomic E-state index is 15.0. The van der Waals surface area contributed by atoms with Crippen molar-refractivity contribution in [2.75, 3.05) is 19.7 Å². The third-order valence-corrected chi connectivity index (χ3v) is 9.42. The lowest BCUT2D eigenvalue weighted by Gasteiger charge is -2.22. The number of hydrogen-bond donors (Lipinski definition) is 3. The number of aliphatic hydroxyl groups is 1. The van der Waals surface area contributed by atoms with E-state index < -0.39 is 44.4 Å². The predicted octanol–water partition coefficient (Wildman–Crippen LogP) is 7.83. The van der Waals surface area contributed by atoms with E-state index in [9.17, 15) is 19.3 Å². The number of alkyl halides is 2. The lowest BCUT2D eigenvalue weighted by molar-refractivity contribution is -0.140. The third kappa shape index (κ3) is 16.0. The van der Waals surface area contributed by atoms with Gasteiger partial charge in [-0.2, -0.15) is 13.8 Å². The van der Waals surface area contributed by atoms with Crippen LogP contribution in [0.25, 0.3) is 0 Å². The number of allylic oxidation sites excluding steroid dienone is 12. The molecule has 1 fully saturated rings. The first-order chi connectivity index (χ1) is 26.1. The highest BCUT2D eigenvalue weighted by Gasteiger charge is 2.60. The Balaban J connectivity index is 1.36. The molecule has 14 heteroatoms. The number of para-hydroxylation sites is 1. The lowest BCUT2D eigenvalue weighted by Crippen LogP contribution is -2.42. The number of aromatic nitrogens is 2. The number of carbonyl (C=O) groups excluding carboxylic acids is 1. The fraction of sp³-hybridized carbons (Fsp3) is 0.425. The van der Waals surface area contributed by atoms with Gasteiger partial charge in [0.1, 0.15) is 11.9 Å². The summed E-state index contributed by atoms with van der Waals surface area (Å²) < 4.78 is 60.6. The van der Waals surface area contributed by atoms with Crippen LogP contribution in [0, 0.1) is 6.92 Å². The summed E-state index contributed by atoms with van der Waals surface area (Å²) in [5.41, 5.74) is -0.656. The molecule has 0 bridgehead atoms. The molecule has 3 rings (SSSR count). The van der Waals surface area contributed by atoms with Crippen LogP contribution in [0.4, 0.5) is 8.78 Å². The first-order valence-corrected chi connectivity index (χ1v) is 19.8. The van der Waals surface area contributed by atoms with E-state index >= 15 is 8.78 Å². The van der Waals surface area contributed by atoms with Gasteiger partial charge in [0.2, 0.25) is 12.1 Å². The van der Waals surface area contributed by atoms with Crippen molar-refractivity contribution in [1.29, 1.82) is 0 Å². The predicted molar refractivity (Wildman–Crippen MR) is 207 cm³/mol. The van der Waals surface area contributed by atoms with Gasteiger partial charge in [0.05, 0.1) is 6.61 Å². The van der Waals surface area contributed by atoms with E-state index in [1.54, 1.807) is 18.2 Å². The van der Waals surface area contributed by atoms with Gasteiger partial charge in [0.15, 0.2) is 6.10 Å². The molecule has 2 heterocycles. The Labute approximate surface area is 316 Å². The van der Waals surface area contributed by atoms with Crippen LogP contribution in [0.15, 0.2) is 120 Å². The molecule has 0 aliphatic carbocycles. The minimum atomic E-state index is -4.23. The number of rotatable bonds is 24. The van der Waals surface area contributed by atoms with E-state index in [0.717, 1.165) is 44.7 Å². The first kappa shape index (κ1) is 44.1. The van der Waals surface area contributed by atoms with Crippen molar-refractivity contribution in [2.45, 2.75) is 89.6 Å². The normalized spacial score (nSPS) is 20.0. The molecular weight excluding hydrogens is 717 g/mol. The third-order valence-electron chi connectivity index (χ3n) is 7.87. The molecule has 0 saturated carbocycles. The summed E-state index contributed by atoms with van der Waals surface area (Å²) in [6.07, 6.45) is 26.6. The maximum Gasteiger partial charge on any atom is 0.458 e. The van der Waals surface area contributed by atoms with Crippen LogP contribution in [-0.4, -0.2) is 58.4 Å². The Kier molecular flexibility index (Phi) is 19.8. The monoisotopic (exact) mass is 770 g/mol. The van der Waals surface area contributed by atoms with Crippen molar-refractivity contribution in [3.8, 4) is 5.75 Å². The number of aryl methyl sites for hydroxylation is 1. The number of carbonyl (C=O) groups is 1. The molecule has 1 unspecified atom stereocenters. The highest BCUT2D eigenvalue weighted by atomic mass is 31.2. The second-order valence-electron chi connectivity index (χ2n) is 12.3. The topological polar surface area (TPSA) is 141 Å². The highest BCUT2D eigenvalue weighted by Crippen LogP contribution is 2.47. The van der Waals surface area contributed by atoms with Gasteiger partial charge in [0, 0.05) is 31.4 Å². The van der Waals surface area contributed by atoms with Crippen LogP contribution >= 0.6 is 7.75 Å². The van der Waals surface area contributed by atoms with E-state index in [2.05, 4.69) is 83.1 Å². The Hall–Kier alpha value is -4.26. The van der Waals surface area contributed by atoms with E-state index in [1.807, 2.05) is 12.2 Å². The number of ether oxygens (including phenoxy) is 1. The summed E-state index contributed by atoms with van der Waals surface area (Å²) in [7, 11) is -4.23. The quantitative estimate of drug-likeness (QED) is 0.0554. The lowest BCUT2D eigenvalue weighted by atomic mass is 10.1. The van der Waals surface area contributed by atoms with Crippen molar-refractivity contribution in [3.05, 3.63) is 132 Å². The van der Waals surface area contributed by atoms with Crippen LogP contribution in [0.5, 0.6) is 5.75 Å². The number of benzene rings is 1. The number of hydrogen-bond acceptors (Lipinski definition) is 8. The fourth-order valence-electron chi connectivity index (χ4n) is 5.02. The molecular formula is C40H53F2N4O7P. The molecule has 294 valence electrons. The molecule has 1 amide bonds. The molecule has 3 N–H and O–H groups in total. The molecule has 1 aliphatic heterocycles. The number of aliphatic hydroxyl groups excluding tert-OH is 1. The zero-order valence-corrected chi connectivity index (χ0v) is 31.9.